The first-order valence-electron chi connectivity index (χ1n) is 8.09. The molecule has 0 saturated carbocycles. The first-order valence-corrected chi connectivity index (χ1v) is 8.88. The molecule has 0 radical (unpaired) electrons. The van der Waals surface area contributed by atoms with Gasteiger partial charge in [0.25, 0.3) is 0 Å². The van der Waals surface area contributed by atoms with Gasteiger partial charge in [0.15, 0.2) is 0 Å². The fraction of sp³-hybridized carbons (Fsp3) is 0.0909. The van der Waals surface area contributed by atoms with Crippen molar-refractivity contribution in [2.75, 3.05) is 0 Å². The minimum Gasteiger partial charge on any atom is -0.0619 e. The lowest BCUT2D eigenvalue weighted by Gasteiger charge is -2.41. The summed E-state index contributed by atoms with van der Waals surface area (Å²) in [5.41, 5.74) is 13.0. The number of fused-ring (bicyclic) bond motifs is 9. The normalized spacial score (nSPS) is 18.7. The minimum absolute atomic E-state index is 0.562. The molecule has 0 nitrogen and oxygen atoms in total. The predicted octanol–water partition coefficient (Wildman–Crippen LogP) is 6.25. The van der Waals surface area contributed by atoms with E-state index in [0.29, 0.717) is 5.92 Å². The van der Waals surface area contributed by atoms with Crippen LogP contribution in [0.1, 0.15) is 28.2 Å². The topological polar surface area (TPSA) is 0 Å². The van der Waals surface area contributed by atoms with Crippen molar-refractivity contribution in [2.24, 2.45) is 0 Å². The monoisotopic (exact) mass is 356 g/mol. The van der Waals surface area contributed by atoms with Crippen LogP contribution in [0.5, 0.6) is 0 Å². The van der Waals surface area contributed by atoms with E-state index >= 15 is 0 Å². The summed E-state index contributed by atoms with van der Waals surface area (Å²) < 4.78 is 1.30. The van der Waals surface area contributed by atoms with Gasteiger partial charge in [-0.1, -0.05) is 48.5 Å². The van der Waals surface area contributed by atoms with Crippen LogP contribution in [0.15, 0.2) is 60.7 Å². The Labute approximate surface area is 143 Å². The first-order chi connectivity index (χ1) is 11.3. The van der Waals surface area contributed by atoms with Crippen molar-refractivity contribution in [1.82, 2.24) is 0 Å². The minimum atomic E-state index is 0.562. The molecule has 0 saturated heterocycles. The Morgan fingerprint density at radius 1 is 0.696 bits per heavy atom. The van der Waals surface area contributed by atoms with E-state index in [1.54, 1.807) is 0 Å². The van der Waals surface area contributed by atoms with E-state index in [9.17, 15) is 0 Å². The summed E-state index contributed by atoms with van der Waals surface area (Å²) in [4.78, 5) is 0. The number of hydrogen-bond acceptors (Lipinski definition) is 0. The SMILES string of the molecule is BrC1=C2c3cc4c(cc3C2Cc2ccccc21)-c1ccccc1-4. The fourth-order valence-corrected chi connectivity index (χ4v) is 5.38. The van der Waals surface area contributed by atoms with Crippen LogP contribution in [-0.2, 0) is 6.42 Å². The van der Waals surface area contributed by atoms with Crippen molar-refractivity contribution in [3.8, 4) is 22.3 Å². The van der Waals surface area contributed by atoms with E-state index in [4.69, 9.17) is 0 Å². The van der Waals surface area contributed by atoms with Crippen LogP contribution in [0.4, 0.5) is 0 Å². The molecule has 0 amide bonds. The van der Waals surface area contributed by atoms with Crippen LogP contribution in [0.3, 0.4) is 0 Å². The number of rotatable bonds is 0. The van der Waals surface area contributed by atoms with E-state index < -0.39 is 0 Å². The van der Waals surface area contributed by atoms with Crippen LogP contribution in [0.2, 0.25) is 0 Å². The molecule has 0 fully saturated rings. The van der Waals surface area contributed by atoms with Crippen LogP contribution in [-0.4, -0.2) is 0 Å². The molecular weight excluding hydrogens is 344 g/mol. The zero-order valence-corrected chi connectivity index (χ0v) is 14.0. The fourth-order valence-electron chi connectivity index (χ4n) is 4.50. The summed E-state index contributed by atoms with van der Waals surface area (Å²) in [6.07, 6.45) is 1.13. The number of benzene rings is 3. The van der Waals surface area contributed by atoms with Gasteiger partial charge in [-0.25, -0.2) is 0 Å². The Morgan fingerprint density at radius 2 is 1.35 bits per heavy atom. The number of allylic oxidation sites excluding steroid dienone is 1. The maximum absolute atomic E-state index is 3.89. The molecule has 3 aromatic carbocycles. The predicted molar refractivity (Wildman–Crippen MR) is 99.5 cm³/mol. The molecule has 3 aromatic rings. The van der Waals surface area contributed by atoms with Gasteiger partial charge in [0.2, 0.25) is 0 Å². The summed E-state index contributed by atoms with van der Waals surface area (Å²) in [5.74, 6) is 0.562. The summed E-state index contributed by atoms with van der Waals surface area (Å²) in [6, 6.07) is 22.4. The van der Waals surface area contributed by atoms with Gasteiger partial charge in [-0.05, 0) is 84.6 Å². The van der Waals surface area contributed by atoms with Crippen molar-refractivity contribution in [2.45, 2.75) is 12.3 Å². The second-order valence-electron chi connectivity index (χ2n) is 6.67. The van der Waals surface area contributed by atoms with Crippen LogP contribution >= 0.6 is 15.9 Å². The van der Waals surface area contributed by atoms with Gasteiger partial charge in [-0.15, -0.1) is 0 Å². The lowest BCUT2D eigenvalue weighted by molar-refractivity contribution is 0.797. The molecule has 1 atom stereocenters. The smallest absolute Gasteiger partial charge is 0.0294 e. The van der Waals surface area contributed by atoms with Gasteiger partial charge < -0.3 is 0 Å². The van der Waals surface area contributed by atoms with E-state index in [1.807, 2.05) is 0 Å². The molecule has 6 rings (SSSR count). The Kier molecular flexibility index (Phi) is 2.16. The number of hydrogen-bond donors (Lipinski definition) is 0. The second kappa shape index (κ2) is 4.04. The van der Waals surface area contributed by atoms with E-state index in [2.05, 4.69) is 76.6 Å². The molecule has 0 bridgehead atoms. The highest BCUT2D eigenvalue weighted by Crippen LogP contribution is 2.60. The van der Waals surface area contributed by atoms with Crippen molar-refractivity contribution in [3.05, 3.63) is 82.9 Å². The Morgan fingerprint density at radius 3 is 2.13 bits per heavy atom. The molecule has 23 heavy (non-hydrogen) atoms. The third-order valence-electron chi connectivity index (χ3n) is 5.63. The Bertz CT molecular complexity index is 1060. The van der Waals surface area contributed by atoms with E-state index in [1.165, 1.54) is 54.6 Å². The molecule has 0 aromatic heterocycles. The molecule has 108 valence electrons. The van der Waals surface area contributed by atoms with Crippen molar-refractivity contribution >= 4 is 26.0 Å². The maximum atomic E-state index is 3.89. The van der Waals surface area contributed by atoms with Crippen LogP contribution in [0.25, 0.3) is 32.3 Å². The van der Waals surface area contributed by atoms with Crippen molar-refractivity contribution in [1.29, 1.82) is 0 Å². The zero-order valence-electron chi connectivity index (χ0n) is 12.4. The summed E-state index contributed by atoms with van der Waals surface area (Å²) in [7, 11) is 0. The zero-order chi connectivity index (χ0) is 15.1. The highest BCUT2D eigenvalue weighted by molar-refractivity contribution is 9.15. The molecule has 0 aliphatic heterocycles. The second-order valence-corrected chi connectivity index (χ2v) is 7.47. The van der Waals surface area contributed by atoms with Gasteiger partial charge in [0.1, 0.15) is 0 Å². The van der Waals surface area contributed by atoms with Crippen molar-refractivity contribution in [3.63, 3.8) is 0 Å². The quantitative estimate of drug-likeness (QED) is 0.349. The standard InChI is InChI=1S/C22H13Br/c23-22-13-6-2-1-5-12(13)9-19-18-10-16-14-7-3-4-8-15(14)17(16)11-20(18)21(19)22/h1-8,10-11,19H,9H2. The Hall–Kier alpha value is -2.12. The lowest BCUT2D eigenvalue weighted by Crippen LogP contribution is -2.23. The lowest BCUT2D eigenvalue weighted by atomic mass is 9.63. The number of halogens is 1. The van der Waals surface area contributed by atoms with E-state index in [-0.39, 0.29) is 0 Å². The summed E-state index contributed by atoms with van der Waals surface area (Å²) in [6.45, 7) is 0. The third kappa shape index (κ3) is 1.38. The first kappa shape index (κ1) is 12.3. The van der Waals surface area contributed by atoms with Crippen LogP contribution in [0, 0.1) is 0 Å². The molecule has 1 heteroatoms. The van der Waals surface area contributed by atoms with Gasteiger partial charge in [-0.2, -0.15) is 0 Å². The molecular formula is C22H13Br. The molecule has 3 aliphatic carbocycles. The average Bonchev–Trinajstić information content (AvgIpc) is 2.57. The van der Waals surface area contributed by atoms with Gasteiger partial charge in [0.05, 0.1) is 0 Å². The molecule has 0 heterocycles. The van der Waals surface area contributed by atoms with Crippen LogP contribution < -0.4 is 0 Å². The largest absolute Gasteiger partial charge is 0.0619 e. The van der Waals surface area contributed by atoms with Gasteiger partial charge >= 0.3 is 0 Å². The average molecular weight is 357 g/mol. The Balaban J connectivity index is 1.58. The highest BCUT2D eigenvalue weighted by atomic mass is 79.9. The van der Waals surface area contributed by atoms with Gasteiger partial charge in [0, 0.05) is 10.4 Å². The molecule has 0 N–H and O–H groups in total. The van der Waals surface area contributed by atoms with E-state index in [0.717, 1.165) is 6.42 Å². The molecule has 1 unspecified atom stereocenters. The molecule has 3 aliphatic rings. The summed E-state index contributed by atoms with van der Waals surface area (Å²) >= 11 is 3.89. The van der Waals surface area contributed by atoms with Crippen molar-refractivity contribution < 1.29 is 0 Å². The summed E-state index contributed by atoms with van der Waals surface area (Å²) in [5, 5.41) is 0. The molecule has 0 spiro atoms. The maximum Gasteiger partial charge on any atom is 0.0294 e. The van der Waals surface area contributed by atoms with Gasteiger partial charge in [-0.3, -0.25) is 0 Å². The third-order valence-corrected chi connectivity index (χ3v) is 6.48. The highest BCUT2D eigenvalue weighted by Gasteiger charge is 2.40.